The highest BCUT2D eigenvalue weighted by molar-refractivity contribution is 5.56. The molecule has 0 aliphatic heterocycles. The molecule has 0 radical (unpaired) electrons. The third kappa shape index (κ3) is 1.71. The van der Waals surface area contributed by atoms with Crippen LogP contribution in [0.1, 0.15) is 0 Å². The lowest BCUT2D eigenvalue weighted by molar-refractivity contribution is 0.603. The van der Waals surface area contributed by atoms with Crippen LogP contribution in [-0.4, -0.2) is 10.2 Å². The van der Waals surface area contributed by atoms with E-state index < -0.39 is 11.6 Å². The molecule has 0 fully saturated rings. The van der Waals surface area contributed by atoms with Gasteiger partial charge >= 0.3 is 0 Å². The highest BCUT2D eigenvalue weighted by Crippen LogP contribution is 2.18. The van der Waals surface area contributed by atoms with Gasteiger partial charge < -0.3 is 5.32 Å². The number of aromatic amines is 1. The molecule has 3 nitrogen and oxygen atoms in total. The van der Waals surface area contributed by atoms with Gasteiger partial charge in [-0.15, -0.1) is 0 Å². The first-order valence-electron chi connectivity index (χ1n) is 3.97. The monoisotopic (exact) mass is 195 g/mol. The number of halogens is 2. The van der Waals surface area contributed by atoms with Crippen LogP contribution >= 0.6 is 0 Å². The van der Waals surface area contributed by atoms with Crippen molar-refractivity contribution in [3.63, 3.8) is 0 Å². The van der Waals surface area contributed by atoms with Gasteiger partial charge in [-0.2, -0.15) is 5.10 Å². The summed E-state index contributed by atoms with van der Waals surface area (Å²) in [7, 11) is 0. The van der Waals surface area contributed by atoms with Crippen molar-refractivity contribution >= 4 is 11.5 Å². The molecule has 0 atom stereocenters. The molecule has 0 aliphatic carbocycles. The molecule has 0 aliphatic rings. The summed E-state index contributed by atoms with van der Waals surface area (Å²) in [4.78, 5) is 0. The zero-order valence-electron chi connectivity index (χ0n) is 7.09. The number of anilines is 2. The standard InChI is InChI=1S/C9H7F2N3/c10-6-1-2-7(11)8(5-6)13-9-3-4-12-14-9/h1-5H,(H2,12,13,14). The third-order valence-corrected chi connectivity index (χ3v) is 1.69. The second-order valence-corrected chi connectivity index (χ2v) is 2.71. The molecule has 1 heterocycles. The lowest BCUT2D eigenvalue weighted by Crippen LogP contribution is -1.94. The Morgan fingerprint density at radius 2 is 2.07 bits per heavy atom. The Balaban J connectivity index is 2.28. The van der Waals surface area contributed by atoms with Gasteiger partial charge in [-0.25, -0.2) is 8.78 Å². The Morgan fingerprint density at radius 1 is 1.21 bits per heavy atom. The predicted octanol–water partition coefficient (Wildman–Crippen LogP) is 2.43. The van der Waals surface area contributed by atoms with Gasteiger partial charge in [-0.1, -0.05) is 0 Å². The van der Waals surface area contributed by atoms with E-state index in [-0.39, 0.29) is 5.69 Å². The number of hydrogen-bond acceptors (Lipinski definition) is 2. The number of benzene rings is 1. The van der Waals surface area contributed by atoms with Crippen molar-refractivity contribution in [1.29, 1.82) is 0 Å². The van der Waals surface area contributed by atoms with Crippen LogP contribution in [0.15, 0.2) is 30.5 Å². The van der Waals surface area contributed by atoms with E-state index in [1.807, 2.05) is 0 Å². The van der Waals surface area contributed by atoms with Crippen LogP contribution in [0.3, 0.4) is 0 Å². The van der Waals surface area contributed by atoms with Gasteiger partial charge in [0.25, 0.3) is 0 Å². The molecule has 72 valence electrons. The summed E-state index contributed by atoms with van der Waals surface area (Å²) >= 11 is 0. The third-order valence-electron chi connectivity index (χ3n) is 1.69. The summed E-state index contributed by atoms with van der Waals surface area (Å²) in [5, 5.41) is 8.95. The van der Waals surface area contributed by atoms with Crippen molar-refractivity contribution in [2.75, 3.05) is 5.32 Å². The fraction of sp³-hybridized carbons (Fsp3) is 0. The van der Waals surface area contributed by atoms with E-state index in [4.69, 9.17) is 0 Å². The summed E-state index contributed by atoms with van der Waals surface area (Å²) in [5.41, 5.74) is 0.0668. The minimum absolute atomic E-state index is 0.0668. The molecule has 2 N–H and O–H groups in total. The first kappa shape index (κ1) is 8.68. The molecule has 1 aromatic carbocycles. The summed E-state index contributed by atoms with van der Waals surface area (Å²) in [6.07, 6.45) is 1.58. The minimum atomic E-state index is -0.519. The molecule has 0 spiro atoms. The molecule has 0 amide bonds. The van der Waals surface area contributed by atoms with Crippen LogP contribution in [0.2, 0.25) is 0 Å². The lowest BCUT2D eigenvalue weighted by atomic mass is 10.3. The SMILES string of the molecule is Fc1ccc(F)c(Nc2cc[nH]n2)c1. The minimum Gasteiger partial charge on any atom is -0.336 e. The number of aromatic nitrogens is 2. The summed E-state index contributed by atoms with van der Waals surface area (Å²) < 4.78 is 25.8. The Hall–Kier alpha value is -1.91. The van der Waals surface area contributed by atoms with E-state index in [9.17, 15) is 8.78 Å². The van der Waals surface area contributed by atoms with E-state index in [1.165, 1.54) is 0 Å². The van der Waals surface area contributed by atoms with E-state index in [2.05, 4.69) is 15.5 Å². The van der Waals surface area contributed by atoms with Crippen molar-refractivity contribution in [2.45, 2.75) is 0 Å². The number of H-pyrrole nitrogens is 1. The van der Waals surface area contributed by atoms with Gasteiger partial charge in [-0.05, 0) is 12.1 Å². The zero-order valence-corrected chi connectivity index (χ0v) is 7.09. The maximum Gasteiger partial charge on any atom is 0.152 e. The number of hydrogen-bond donors (Lipinski definition) is 2. The summed E-state index contributed by atoms with van der Waals surface area (Å²) in [6, 6.07) is 4.81. The molecule has 5 heteroatoms. The van der Waals surface area contributed by atoms with Crippen LogP contribution in [0, 0.1) is 11.6 Å². The van der Waals surface area contributed by atoms with Crippen molar-refractivity contribution in [1.82, 2.24) is 10.2 Å². The first-order valence-corrected chi connectivity index (χ1v) is 3.97. The van der Waals surface area contributed by atoms with Crippen molar-refractivity contribution in [3.8, 4) is 0 Å². The van der Waals surface area contributed by atoms with Crippen LogP contribution in [0.4, 0.5) is 20.3 Å². The molecular formula is C9H7F2N3. The molecule has 2 aromatic rings. The lowest BCUT2D eigenvalue weighted by Gasteiger charge is -2.03. The zero-order chi connectivity index (χ0) is 9.97. The molecule has 0 unspecified atom stereocenters. The highest BCUT2D eigenvalue weighted by atomic mass is 19.1. The van der Waals surface area contributed by atoms with E-state index in [0.29, 0.717) is 5.82 Å². The average Bonchev–Trinajstić information content (AvgIpc) is 2.64. The number of nitrogens with zero attached hydrogens (tertiary/aromatic N) is 1. The molecule has 1 aromatic heterocycles. The molecule has 0 saturated carbocycles. The quantitative estimate of drug-likeness (QED) is 0.772. The summed E-state index contributed by atoms with van der Waals surface area (Å²) in [6.45, 7) is 0. The van der Waals surface area contributed by atoms with Gasteiger partial charge in [-0.3, -0.25) is 5.10 Å². The van der Waals surface area contributed by atoms with Gasteiger partial charge in [0.15, 0.2) is 5.82 Å². The van der Waals surface area contributed by atoms with Crippen LogP contribution in [0.5, 0.6) is 0 Å². The predicted molar refractivity (Wildman–Crippen MR) is 48.2 cm³/mol. The fourth-order valence-electron chi connectivity index (χ4n) is 1.06. The fourth-order valence-corrected chi connectivity index (χ4v) is 1.06. The number of nitrogens with one attached hydrogen (secondary N) is 2. The average molecular weight is 195 g/mol. The molecule has 2 rings (SSSR count). The van der Waals surface area contributed by atoms with E-state index in [0.717, 1.165) is 18.2 Å². The van der Waals surface area contributed by atoms with Gasteiger partial charge in [0.1, 0.15) is 11.6 Å². The smallest absolute Gasteiger partial charge is 0.152 e. The first-order chi connectivity index (χ1) is 6.75. The Bertz CT molecular complexity index is 426. The summed E-state index contributed by atoms with van der Waals surface area (Å²) in [5.74, 6) is -0.576. The van der Waals surface area contributed by atoms with Crippen LogP contribution < -0.4 is 5.32 Å². The van der Waals surface area contributed by atoms with Crippen molar-refractivity contribution < 1.29 is 8.78 Å². The van der Waals surface area contributed by atoms with E-state index in [1.54, 1.807) is 12.3 Å². The van der Waals surface area contributed by atoms with Crippen LogP contribution in [-0.2, 0) is 0 Å². The van der Waals surface area contributed by atoms with Crippen molar-refractivity contribution in [3.05, 3.63) is 42.1 Å². The second-order valence-electron chi connectivity index (χ2n) is 2.71. The maximum atomic E-state index is 13.1. The topological polar surface area (TPSA) is 40.7 Å². The Morgan fingerprint density at radius 3 is 2.79 bits per heavy atom. The molecule has 0 bridgehead atoms. The van der Waals surface area contributed by atoms with Crippen LogP contribution in [0.25, 0.3) is 0 Å². The highest BCUT2D eigenvalue weighted by Gasteiger charge is 2.04. The largest absolute Gasteiger partial charge is 0.336 e. The van der Waals surface area contributed by atoms with Gasteiger partial charge in [0, 0.05) is 18.3 Å². The molecule has 0 saturated heterocycles. The number of rotatable bonds is 2. The normalized spacial score (nSPS) is 10.1. The van der Waals surface area contributed by atoms with Gasteiger partial charge in [0.2, 0.25) is 0 Å². The molecule has 14 heavy (non-hydrogen) atoms. The van der Waals surface area contributed by atoms with Crippen molar-refractivity contribution in [2.24, 2.45) is 0 Å². The maximum absolute atomic E-state index is 13.1. The second kappa shape index (κ2) is 3.45. The Kier molecular flexibility index (Phi) is 2.14. The molecular weight excluding hydrogens is 188 g/mol. The van der Waals surface area contributed by atoms with E-state index >= 15 is 0 Å². The van der Waals surface area contributed by atoms with Gasteiger partial charge in [0.05, 0.1) is 5.69 Å². The Labute approximate surface area is 78.8 Å².